The highest BCUT2D eigenvalue weighted by atomic mass is 32.1. The fraction of sp³-hybridized carbons (Fsp3) is 0.889. The van der Waals surface area contributed by atoms with E-state index in [4.69, 9.17) is 9.84 Å². The third-order valence-corrected chi connectivity index (χ3v) is 3.09. The minimum Gasteiger partial charge on any atom is -0.466 e. The van der Waals surface area contributed by atoms with Gasteiger partial charge >= 0.3 is 5.97 Å². The fourth-order valence-electron chi connectivity index (χ4n) is 1.67. The van der Waals surface area contributed by atoms with E-state index in [-0.39, 0.29) is 6.42 Å². The van der Waals surface area contributed by atoms with Crippen molar-refractivity contribution in [1.82, 2.24) is 0 Å². The SMILES string of the molecule is COC(=O)[C@]1(S)C[C@@H](O)[C@@H](O)[C@@H]([C@H](O)CO)O1. The van der Waals surface area contributed by atoms with Gasteiger partial charge in [0.15, 0.2) is 0 Å². The molecule has 7 nitrogen and oxygen atoms in total. The van der Waals surface area contributed by atoms with Gasteiger partial charge in [-0.05, 0) is 0 Å². The molecule has 1 aliphatic rings. The second-order valence-corrected chi connectivity index (χ2v) is 4.59. The number of methoxy groups -OCH3 is 1. The number of aliphatic hydroxyl groups excluding tert-OH is 4. The maximum Gasteiger partial charge on any atom is 0.348 e. The van der Waals surface area contributed by atoms with Gasteiger partial charge in [-0.1, -0.05) is 0 Å². The Bertz CT molecular complexity index is 287. The zero-order valence-electron chi connectivity index (χ0n) is 9.18. The van der Waals surface area contributed by atoms with Crippen LogP contribution >= 0.6 is 12.6 Å². The lowest BCUT2D eigenvalue weighted by molar-refractivity contribution is -0.222. The van der Waals surface area contributed by atoms with Crippen LogP contribution in [0, 0.1) is 0 Å². The van der Waals surface area contributed by atoms with Gasteiger partial charge < -0.3 is 29.9 Å². The molecular weight excluding hydrogens is 252 g/mol. The van der Waals surface area contributed by atoms with Gasteiger partial charge in [0.25, 0.3) is 0 Å². The summed E-state index contributed by atoms with van der Waals surface area (Å²) in [6.45, 7) is -0.681. The Morgan fingerprint density at radius 2 is 2.24 bits per heavy atom. The van der Waals surface area contributed by atoms with E-state index in [9.17, 15) is 20.1 Å². The Morgan fingerprint density at radius 1 is 1.65 bits per heavy atom. The third kappa shape index (κ3) is 2.90. The van der Waals surface area contributed by atoms with Crippen molar-refractivity contribution in [3.05, 3.63) is 0 Å². The van der Waals surface area contributed by atoms with Crippen LogP contribution in [0.2, 0.25) is 0 Å². The minimum atomic E-state index is -1.76. The number of carbonyl (C=O) groups excluding carboxylic acids is 1. The molecule has 0 radical (unpaired) electrons. The summed E-state index contributed by atoms with van der Waals surface area (Å²) in [5.41, 5.74) is 0. The molecule has 0 bridgehead atoms. The monoisotopic (exact) mass is 268 g/mol. The van der Waals surface area contributed by atoms with Gasteiger partial charge in [0.05, 0.1) is 19.8 Å². The summed E-state index contributed by atoms with van der Waals surface area (Å²) < 4.78 is 9.59. The summed E-state index contributed by atoms with van der Waals surface area (Å²) in [6.07, 6.45) is -5.76. The van der Waals surface area contributed by atoms with Crippen LogP contribution in [0.25, 0.3) is 0 Å². The molecule has 5 atom stereocenters. The second-order valence-electron chi connectivity index (χ2n) is 3.87. The van der Waals surface area contributed by atoms with Crippen LogP contribution in [0.1, 0.15) is 6.42 Å². The van der Waals surface area contributed by atoms with Crippen LogP contribution in [0.3, 0.4) is 0 Å². The quantitative estimate of drug-likeness (QED) is 0.287. The zero-order chi connectivity index (χ0) is 13.2. The van der Waals surface area contributed by atoms with Crippen molar-refractivity contribution in [3.8, 4) is 0 Å². The van der Waals surface area contributed by atoms with Crippen molar-refractivity contribution in [2.75, 3.05) is 13.7 Å². The van der Waals surface area contributed by atoms with E-state index in [2.05, 4.69) is 17.4 Å². The molecule has 0 unspecified atom stereocenters. The Kier molecular flexibility index (Phi) is 4.76. The molecule has 8 heteroatoms. The Hall–Kier alpha value is -0.380. The van der Waals surface area contributed by atoms with Crippen LogP contribution in [0.4, 0.5) is 0 Å². The Balaban J connectivity index is 2.90. The molecule has 1 fully saturated rings. The number of esters is 1. The van der Waals surface area contributed by atoms with E-state index in [0.29, 0.717) is 0 Å². The first kappa shape index (κ1) is 14.7. The Morgan fingerprint density at radius 3 is 2.71 bits per heavy atom. The predicted octanol–water partition coefficient (Wildman–Crippen LogP) is -2.35. The maximum atomic E-state index is 11.4. The lowest BCUT2D eigenvalue weighted by Gasteiger charge is -2.42. The second kappa shape index (κ2) is 5.51. The van der Waals surface area contributed by atoms with E-state index in [1.54, 1.807) is 0 Å². The lowest BCUT2D eigenvalue weighted by atomic mass is 9.94. The van der Waals surface area contributed by atoms with Crippen molar-refractivity contribution < 1.29 is 34.7 Å². The van der Waals surface area contributed by atoms with Crippen molar-refractivity contribution in [2.24, 2.45) is 0 Å². The van der Waals surface area contributed by atoms with Crippen LogP contribution in [0.15, 0.2) is 0 Å². The molecule has 4 N–H and O–H groups in total. The summed E-state index contributed by atoms with van der Waals surface area (Å²) in [5.74, 6) is -0.845. The first-order valence-electron chi connectivity index (χ1n) is 4.99. The van der Waals surface area contributed by atoms with Crippen molar-refractivity contribution in [1.29, 1.82) is 0 Å². The largest absolute Gasteiger partial charge is 0.466 e. The van der Waals surface area contributed by atoms with Crippen molar-refractivity contribution in [3.63, 3.8) is 0 Å². The Labute approximate surface area is 103 Å². The lowest BCUT2D eigenvalue weighted by Crippen LogP contribution is -2.59. The van der Waals surface area contributed by atoms with E-state index >= 15 is 0 Å². The molecule has 0 spiro atoms. The molecule has 0 saturated carbocycles. The molecule has 17 heavy (non-hydrogen) atoms. The van der Waals surface area contributed by atoms with Gasteiger partial charge in [0.2, 0.25) is 4.93 Å². The third-order valence-electron chi connectivity index (χ3n) is 2.62. The number of hydrogen-bond donors (Lipinski definition) is 5. The van der Waals surface area contributed by atoms with E-state index in [0.717, 1.165) is 7.11 Å². The molecular formula is C9H16O7S. The van der Waals surface area contributed by atoms with E-state index in [1.165, 1.54) is 0 Å². The number of thiol groups is 1. The summed E-state index contributed by atoms with van der Waals surface area (Å²) in [4.78, 5) is 9.68. The maximum absolute atomic E-state index is 11.4. The standard InChI is InChI=1S/C9H16O7S/c1-15-8(14)9(17)2-4(11)6(13)7(16-9)5(12)3-10/h4-7,10-13,17H,2-3H2,1H3/t4-,5-,6-,7-,9-/m1/s1. The molecule has 0 amide bonds. The van der Waals surface area contributed by atoms with Gasteiger partial charge in [-0.25, -0.2) is 4.79 Å². The normalized spacial score (nSPS) is 39.8. The highest BCUT2D eigenvalue weighted by Crippen LogP contribution is 2.34. The average molecular weight is 268 g/mol. The number of ether oxygens (including phenoxy) is 2. The molecule has 1 rings (SSSR count). The van der Waals surface area contributed by atoms with E-state index in [1.807, 2.05) is 0 Å². The minimum absolute atomic E-state index is 0.279. The molecule has 1 heterocycles. The van der Waals surface area contributed by atoms with Crippen molar-refractivity contribution in [2.45, 2.75) is 35.8 Å². The van der Waals surface area contributed by atoms with Crippen LogP contribution in [-0.4, -0.2) is 69.5 Å². The molecule has 1 saturated heterocycles. The van der Waals surface area contributed by atoms with Gasteiger partial charge in [-0.2, -0.15) is 0 Å². The van der Waals surface area contributed by atoms with Crippen LogP contribution in [-0.2, 0) is 14.3 Å². The fourth-order valence-corrected chi connectivity index (χ4v) is 2.07. The topological polar surface area (TPSA) is 116 Å². The number of carbonyl (C=O) groups is 1. The number of rotatable bonds is 3. The van der Waals surface area contributed by atoms with Crippen molar-refractivity contribution >= 4 is 18.6 Å². The van der Waals surface area contributed by atoms with Gasteiger partial charge in [-0.15, -0.1) is 12.6 Å². The molecule has 1 aliphatic heterocycles. The first-order valence-corrected chi connectivity index (χ1v) is 5.44. The zero-order valence-corrected chi connectivity index (χ0v) is 10.1. The number of hydrogen-bond acceptors (Lipinski definition) is 8. The van der Waals surface area contributed by atoms with Crippen LogP contribution < -0.4 is 0 Å². The van der Waals surface area contributed by atoms with E-state index < -0.39 is 41.9 Å². The summed E-state index contributed by atoms with van der Waals surface area (Å²) in [7, 11) is 1.12. The average Bonchev–Trinajstić information content (AvgIpc) is 2.31. The summed E-state index contributed by atoms with van der Waals surface area (Å²) in [6, 6.07) is 0. The molecule has 100 valence electrons. The highest BCUT2D eigenvalue weighted by molar-refractivity contribution is 7.82. The summed E-state index contributed by atoms with van der Waals surface area (Å²) in [5, 5.41) is 37.4. The summed E-state index contributed by atoms with van der Waals surface area (Å²) >= 11 is 3.96. The highest BCUT2D eigenvalue weighted by Gasteiger charge is 2.51. The van der Waals surface area contributed by atoms with Gasteiger partial charge in [0, 0.05) is 6.42 Å². The molecule has 0 aromatic carbocycles. The first-order chi connectivity index (χ1) is 7.85. The van der Waals surface area contributed by atoms with Crippen LogP contribution in [0.5, 0.6) is 0 Å². The molecule has 0 aromatic rings. The molecule has 0 aliphatic carbocycles. The number of aliphatic hydroxyl groups is 4. The van der Waals surface area contributed by atoms with Gasteiger partial charge in [0.1, 0.15) is 18.3 Å². The predicted molar refractivity (Wildman–Crippen MR) is 58.3 cm³/mol. The smallest absolute Gasteiger partial charge is 0.348 e. The van der Waals surface area contributed by atoms with Gasteiger partial charge in [-0.3, -0.25) is 0 Å². The molecule has 0 aromatic heterocycles.